The highest BCUT2D eigenvalue weighted by Gasteiger charge is 2.13. The lowest BCUT2D eigenvalue weighted by Gasteiger charge is -2.01. The summed E-state index contributed by atoms with van der Waals surface area (Å²) in [5.41, 5.74) is 3.21. The van der Waals surface area contributed by atoms with Crippen molar-refractivity contribution >= 4 is 39.6 Å². The van der Waals surface area contributed by atoms with Crippen LogP contribution < -0.4 is 10.8 Å². The lowest BCUT2D eigenvalue weighted by atomic mass is 10.1. The summed E-state index contributed by atoms with van der Waals surface area (Å²) in [6.07, 6.45) is 0.287. The Hall–Kier alpha value is -2.55. The van der Waals surface area contributed by atoms with Gasteiger partial charge in [0.05, 0.1) is 21.9 Å². The second-order valence-corrected chi connectivity index (χ2v) is 6.80. The molecule has 1 aromatic carbocycles. The molecular formula is C16H13N3O3S2. The van der Waals surface area contributed by atoms with E-state index in [1.807, 2.05) is 35.7 Å². The Labute approximate surface area is 145 Å². The summed E-state index contributed by atoms with van der Waals surface area (Å²) in [7, 11) is 0. The molecule has 8 heteroatoms. The number of nitrogens with one attached hydrogen (secondary N) is 2. The van der Waals surface area contributed by atoms with Gasteiger partial charge >= 0.3 is 0 Å². The molecule has 0 aliphatic rings. The molecular weight excluding hydrogens is 346 g/mol. The molecule has 0 bridgehead atoms. The predicted octanol–water partition coefficient (Wildman–Crippen LogP) is 3.17. The Morgan fingerprint density at radius 2 is 1.92 bits per heavy atom. The number of carbonyl (C=O) groups is 2. The van der Waals surface area contributed by atoms with Gasteiger partial charge in [-0.25, -0.2) is 10.5 Å². The van der Waals surface area contributed by atoms with Gasteiger partial charge in [-0.2, -0.15) is 0 Å². The van der Waals surface area contributed by atoms with Crippen molar-refractivity contribution in [1.82, 2.24) is 10.5 Å². The van der Waals surface area contributed by atoms with Gasteiger partial charge in [-0.05, 0) is 17.7 Å². The van der Waals surface area contributed by atoms with Crippen LogP contribution in [-0.4, -0.2) is 22.0 Å². The summed E-state index contributed by atoms with van der Waals surface area (Å²) in [4.78, 5) is 28.9. The molecule has 0 saturated carbocycles. The first-order chi connectivity index (χ1) is 11.7. The van der Waals surface area contributed by atoms with Crippen molar-refractivity contribution in [3.8, 4) is 10.6 Å². The summed E-state index contributed by atoms with van der Waals surface area (Å²) in [6, 6.07) is 12.8. The van der Waals surface area contributed by atoms with Gasteiger partial charge in [0.25, 0.3) is 5.91 Å². The molecule has 0 unspecified atom stereocenters. The number of hydrogen-bond acceptors (Lipinski definition) is 6. The normalized spacial score (nSPS) is 10.4. The van der Waals surface area contributed by atoms with Crippen LogP contribution in [0.2, 0.25) is 0 Å². The number of hydroxylamine groups is 1. The molecule has 2 heterocycles. The number of anilines is 1. The average molecular weight is 359 g/mol. The molecule has 122 valence electrons. The lowest BCUT2D eigenvalue weighted by molar-refractivity contribution is -0.115. The first kappa shape index (κ1) is 16.3. The van der Waals surface area contributed by atoms with Gasteiger partial charge in [-0.15, -0.1) is 22.7 Å². The van der Waals surface area contributed by atoms with Crippen molar-refractivity contribution in [1.29, 1.82) is 0 Å². The standard InChI is InChI=1S/C16H13N3O3S2/c20-14(8-10-4-2-1-3-5-10)18-16-17-11(9-23-16)12-6-7-13(24-12)15(21)19-22/h1-7,9,22H,8H2,(H,19,21)(H,17,18,20). The van der Waals surface area contributed by atoms with Crippen LogP contribution in [0.4, 0.5) is 5.13 Å². The predicted molar refractivity (Wildman–Crippen MR) is 93.5 cm³/mol. The monoisotopic (exact) mass is 359 g/mol. The number of aromatic nitrogens is 1. The molecule has 2 amide bonds. The van der Waals surface area contributed by atoms with Gasteiger partial charge in [0.2, 0.25) is 5.91 Å². The van der Waals surface area contributed by atoms with E-state index < -0.39 is 5.91 Å². The molecule has 0 aliphatic carbocycles. The maximum atomic E-state index is 12.0. The van der Waals surface area contributed by atoms with Gasteiger partial charge in [0.1, 0.15) is 0 Å². The van der Waals surface area contributed by atoms with Crippen LogP contribution >= 0.6 is 22.7 Å². The maximum Gasteiger partial charge on any atom is 0.284 e. The van der Waals surface area contributed by atoms with E-state index in [1.54, 1.807) is 17.6 Å². The molecule has 0 saturated heterocycles. The molecule has 3 N–H and O–H groups in total. The lowest BCUT2D eigenvalue weighted by Crippen LogP contribution is -2.16. The molecule has 0 fully saturated rings. The zero-order chi connectivity index (χ0) is 16.9. The molecule has 3 rings (SSSR count). The minimum absolute atomic E-state index is 0.131. The molecule has 3 aromatic rings. The van der Waals surface area contributed by atoms with Crippen molar-refractivity contribution < 1.29 is 14.8 Å². The molecule has 2 aromatic heterocycles. The number of thiazole rings is 1. The molecule has 6 nitrogen and oxygen atoms in total. The Morgan fingerprint density at radius 1 is 1.12 bits per heavy atom. The minimum Gasteiger partial charge on any atom is -0.302 e. The maximum absolute atomic E-state index is 12.0. The summed E-state index contributed by atoms with van der Waals surface area (Å²) in [5.74, 6) is -0.688. The Bertz CT molecular complexity index is 858. The van der Waals surface area contributed by atoms with Gasteiger partial charge < -0.3 is 5.32 Å². The van der Waals surface area contributed by atoms with Crippen molar-refractivity contribution in [3.05, 3.63) is 58.3 Å². The van der Waals surface area contributed by atoms with Crippen molar-refractivity contribution in [2.24, 2.45) is 0 Å². The SMILES string of the molecule is O=C(Cc1ccccc1)Nc1nc(-c2ccc(C(=O)NO)s2)cs1. The number of hydrogen-bond donors (Lipinski definition) is 3. The fourth-order valence-corrected chi connectivity index (χ4v) is 3.70. The first-order valence-corrected chi connectivity index (χ1v) is 8.69. The number of carbonyl (C=O) groups excluding carboxylic acids is 2. The third-order valence-corrected chi connectivity index (χ3v) is 5.01. The summed E-state index contributed by atoms with van der Waals surface area (Å²) < 4.78 is 0. The molecule has 0 atom stereocenters. The van der Waals surface area contributed by atoms with E-state index >= 15 is 0 Å². The third-order valence-electron chi connectivity index (χ3n) is 3.14. The zero-order valence-electron chi connectivity index (χ0n) is 12.4. The highest BCUT2D eigenvalue weighted by Crippen LogP contribution is 2.30. The highest BCUT2D eigenvalue weighted by atomic mass is 32.1. The Morgan fingerprint density at radius 3 is 2.67 bits per heavy atom. The van der Waals surface area contributed by atoms with Crippen LogP contribution in [-0.2, 0) is 11.2 Å². The number of amides is 2. The van der Waals surface area contributed by atoms with Gasteiger partial charge in [0.15, 0.2) is 5.13 Å². The van der Waals surface area contributed by atoms with E-state index in [-0.39, 0.29) is 12.3 Å². The number of thiophene rings is 1. The van der Waals surface area contributed by atoms with E-state index in [0.717, 1.165) is 10.4 Å². The zero-order valence-corrected chi connectivity index (χ0v) is 14.0. The quantitative estimate of drug-likeness (QED) is 0.482. The Balaban J connectivity index is 1.66. The van der Waals surface area contributed by atoms with Gasteiger partial charge in [0, 0.05) is 5.38 Å². The van der Waals surface area contributed by atoms with Crippen LogP contribution in [0.1, 0.15) is 15.2 Å². The van der Waals surface area contributed by atoms with Crippen molar-refractivity contribution in [2.75, 3.05) is 5.32 Å². The molecule has 0 aliphatic heterocycles. The summed E-state index contributed by atoms with van der Waals surface area (Å²) >= 11 is 2.53. The second kappa shape index (κ2) is 7.35. The van der Waals surface area contributed by atoms with Gasteiger partial charge in [-0.3, -0.25) is 14.8 Å². The second-order valence-electron chi connectivity index (χ2n) is 4.85. The van der Waals surface area contributed by atoms with Crippen LogP contribution in [0.5, 0.6) is 0 Å². The van der Waals surface area contributed by atoms with E-state index in [4.69, 9.17) is 5.21 Å². The summed E-state index contributed by atoms with van der Waals surface area (Å²) in [6.45, 7) is 0. The fourth-order valence-electron chi connectivity index (χ4n) is 2.04. The van der Waals surface area contributed by atoms with Crippen LogP contribution in [0.15, 0.2) is 47.8 Å². The van der Waals surface area contributed by atoms with Crippen LogP contribution in [0, 0.1) is 0 Å². The molecule has 24 heavy (non-hydrogen) atoms. The van der Waals surface area contributed by atoms with E-state index in [1.165, 1.54) is 22.7 Å². The Kier molecular flexibility index (Phi) is 4.99. The first-order valence-electron chi connectivity index (χ1n) is 6.99. The molecule has 0 spiro atoms. The fraction of sp³-hybridized carbons (Fsp3) is 0.0625. The average Bonchev–Trinajstić information content (AvgIpc) is 3.24. The van der Waals surface area contributed by atoms with Gasteiger partial charge in [-0.1, -0.05) is 30.3 Å². The van der Waals surface area contributed by atoms with Crippen molar-refractivity contribution in [3.63, 3.8) is 0 Å². The van der Waals surface area contributed by atoms with Crippen LogP contribution in [0.25, 0.3) is 10.6 Å². The minimum atomic E-state index is -0.558. The largest absolute Gasteiger partial charge is 0.302 e. The summed E-state index contributed by atoms with van der Waals surface area (Å²) in [5, 5.41) is 13.7. The number of nitrogens with zero attached hydrogens (tertiary/aromatic N) is 1. The third kappa shape index (κ3) is 3.85. The van der Waals surface area contributed by atoms with E-state index in [2.05, 4.69) is 10.3 Å². The topological polar surface area (TPSA) is 91.3 Å². The smallest absolute Gasteiger partial charge is 0.284 e. The number of rotatable bonds is 5. The molecule has 0 radical (unpaired) electrons. The van der Waals surface area contributed by atoms with Crippen molar-refractivity contribution in [2.45, 2.75) is 6.42 Å². The van der Waals surface area contributed by atoms with Crippen LogP contribution in [0.3, 0.4) is 0 Å². The van der Waals surface area contributed by atoms with E-state index in [9.17, 15) is 9.59 Å². The highest BCUT2D eigenvalue weighted by molar-refractivity contribution is 7.18. The number of benzene rings is 1. The van der Waals surface area contributed by atoms with E-state index in [0.29, 0.717) is 15.7 Å².